The van der Waals surface area contributed by atoms with Crippen molar-refractivity contribution in [3.05, 3.63) is 70.2 Å². The maximum Gasteiger partial charge on any atom is 0.410 e. The molecule has 0 saturated carbocycles. The van der Waals surface area contributed by atoms with Crippen LogP contribution in [0.25, 0.3) is 0 Å². The Hall–Kier alpha value is -3.19. The third kappa shape index (κ3) is 7.79. The summed E-state index contributed by atoms with van der Waals surface area (Å²) in [5, 5.41) is 8.16. The molecule has 1 aliphatic carbocycles. The van der Waals surface area contributed by atoms with E-state index in [2.05, 4.69) is 33.1 Å². The van der Waals surface area contributed by atoms with Crippen LogP contribution < -0.4 is 16.1 Å². The standard InChI is InChI=1S/C32H43ClF2N6O4/c1-32(2,3)45-31(43)40-14-8-11-26(40)28-27(33)29(41(38-28)21-9-6-5-7-10-21)37-30(42)36-25-19-39(15-16-44-4)18-22(25)20-12-13-23(34)24(35)17-20/h6,9-10,12-13,17,22,25-26,28,38H,5,7-8,11,14-16,18-19H2,1-4H3,(H2,36,37,42)/t22-,25+,26-,28?/m0/s1. The van der Waals surface area contributed by atoms with E-state index < -0.39 is 41.4 Å². The number of hydrazine groups is 1. The average Bonchev–Trinajstić information content (AvgIpc) is 3.71. The minimum absolute atomic E-state index is 0.275. The highest BCUT2D eigenvalue weighted by atomic mass is 35.5. The number of likely N-dealkylation sites (tertiary alicyclic amines) is 2. The van der Waals surface area contributed by atoms with Gasteiger partial charge in [-0.05, 0) is 70.2 Å². The molecule has 0 aromatic heterocycles. The largest absolute Gasteiger partial charge is 0.444 e. The molecule has 0 radical (unpaired) electrons. The zero-order chi connectivity index (χ0) is 32.3. The number of methoxy groups -OCH3 is 1. The molecule has 2 fully saturated rings. The number of hydrogen-bond donors (Lipinski definition) is 3. The van der Waals surface area contributed by atoms with Gasteiger partial charge in [0.25, 0.3) is 0 Å². The Bertz CT molecular complexity index is 1370. The van der Waals surface area contributed by atoms with Crippen LogP contribution in [0, 0.1) is 11.6 Å². The van der Waals surface area contributed by atoms with E-state index in [9.17, 15) is 18.4 Å². The number of allylic oxidation sites excluding steroid dienone is 3. The van der Waals surface area contributed by atoms with E-state index in [1.165, 1.54) is 6.07 Å². The van der Waals surface area contributed by atoms with E-state index >= 15 is 0 Å². The van der Waals surface area contributed by atoms with Crippen LogP contribution in [0.2, 0.25) is 0 Å². The number of rotatable bonds is 8. The Kier molecular flexibility index (Phi) is 10.4. The van der Waals surface area contributed by atoms with Gasteiger partial charge < -0.3 is 19.7 Å². The number of hydrogen-bond acceptors (Lipinski definition) is 7. The van der Waals surface area contributed by atoms with Crippen LogP contribution in [0.1, 0.15) is 57.9 Å². The van der Waals surface area contributed by atoms with Crippen molar-refractivity contribution < 1.29 is 27.8 Å². The Morgan fingerprint density at radius 2 is 1.96 bits per heavy atom. The first-order valence-electron chi connectivity index (χ1n) is 15.5. The van der Waals surface area contributed by atoms with Crippen molar-refractivity contribution in [2.24, 2.45) is 0 Å². The zero-order valence-electron chi connectivity index (χ0n) is 26.2. The van der Waals surface area contributed by atoms with Crippen LogP contribution in [-0.4, -0.2) is 90.6 Å². The molecular formula is C32H43ClF2N6O4. The number of ether oxygens (including phenoxy) is 2. The number of nitrogens with one attached hydrogen (secondary N) is 3. The lowest BCUT2D eigenvalue weighted by molar-refractivity contribution is 0.0199. The van der Waals surface area contributed by atoms with Crippen molar-refractivity contribution in [1.82, 2.24) is 30.9 Å². The molecule has 10 nitrogen and oxygen atoms in total. The van der Waals surface area contributed by atoms with Gasteiger partial charge in [0.2, 0.25) is 0 Å². The second kappa shape index (κ2) is 14.1. The molecule has 4 aliphatic rings. The van der Waals surface area contributed by atoms with Gasteiger partial charge in [0.1, 0.15) is 11.4 Å². The predicted octanol–water partition coefficient (Wildman–Crippen LogP) is 4.91. The molecule has 3 heterocycles. The van der Waals surface area contributed by atoms with Crippen molar-refractivity contribution in [1.29, 1.82) is 0 Å². The Morgan fingerprint density at radius 3 is 2.64 bits per heavy atom. The Morgan fingerprint density at radius 1 is 1.16 bits per heavy atom. The van der Waals surface area contributed by atoms with Gasteiger partial charge in [-0.1, -0.05) is 29.8 Å². The molecule has 3 aliphatic heterocycles. The van der Waals surface area contributed by atoms with Gasteiger partial charge in [-0.25, -0.2) is 23.8 Å². The number of carbonyl (C=O) groups excluding carboxylic acids is 2. The van der Waals surface area contributed by atoms with Crippen molar-refractivity contribution in [2.75, 3.05) is 39.9 Å². The molecule has 0 spiro atoms. The summed E-state index contributed by atoms with van der Waals surface area (Å²) < 4.78 is 38.8. The minimum atomic E-state index is -0.928. The van der Waals surface area contributed by atoms with Crippen molar-refractivity contribution in [3.63, 3.8) is 0 Å². The predicted molar refractivity (Wildman–Crippen MR) is 167 cm³/mol. The van der Waals surface area contributed by atoms with Crippen molar-refractivity contribution in [2.45, 2.75) is 76.1 Å². The van der Waals surface area contributed by atoms with Crippen molar-refractivity contribution in [3.8, 4) is 0 Å². The highest BCUT2D eigenvalue weighted by molar-refractivity contribution is 6.31. The quantitative estimate of drug-likeness (QED) is 0.369. The number of nitrogens with zero attached hydrogens (tertiary/aromatic N) is 3. The number of benzene rings is 1. The van der Waals surface area contributed by atoms with Gasteiger partial charge in [0.05, 0.1) is 35.5 Å². The summed E-state index contributed by atoms with van der Waals surface area (Å²) in [6.45, 7) is 8.20. The number of halogens is 3. The molecule has 1 unspecified atom stereocenters. The van der Waals surface area contributed by atoms with Crippen LogP contribution in [0.15, 0.2) is 53.0 Å². The fourth-order valence-corrected chi connectivity index (χ4v) is 6.69. The number of carbonyl (C=O) groups is 2. The third-order valence-corrected chi connectivity index (χ3v) is 8.88. The fourth-order valence-electron chi connectivity index (χ4n) is 6.37. The summed E-state index contributed by atoms with van der Waals surface area (Å²) in [5.74, 6) is -1.75. The third-order valence-electron chi connectivity index (χ3n) is 8.46. The first-order chi connectivity index (χ1) is 21.4. The van der Waals surface area contributed by atoms with Gasteiger partial charge in [0, 0.05) is 39.2 Å². The molecule has 246 valence electrons. The summed E-state index contributed by atoms with van der Waals surface area (Å²) in [5.41, 5.74) is 4.22. The smallest absolute Gasteiger partial charge is 0.410 e. The number of amides is 3. The molecule has 13 heteroatoms. The van der Waals surface area contributed by atoms with Gasteiger partial charge in [0.15, 0.2) is 11.6 Å². The molecule has 1 aromatic carbocycles. The van der Waals surface area contributed by atoms with E-state index in [4.69, 9.17) is 21.1 Å². The van der Waals surface area contributed by atoms with Gasteiger partial charge in [-0.2, -0.15) is 0 Å². The van der Waals surface area contributed by atoms with Gasteiger partial charge in [-0.3, -0.25) is 15.2 Å². The number of urea groups is 1. The highest BCUT2D eigenvalue weighted by Gasteiger charge is 2.44. The van der Waals surface area contributed by atoms with E-state index in [0.717, 1.165) is 31.0 Å². The molecule has 2 saturated heterocycles. The maximum absolute atomic E-state index is 14.2. The summed E-state index contributed by atoms with van der Waals surface area (Å²) in [6.07, 6.45) is 8.92. The molecule has 1 aromatic rings. The lowest BCUT2D eigenvalue weighted by Gasteiger charge is -2.33. The molecule has 0 bridgehead atoms. The molecule has 4 atom stereocenters. The molecule has 5 rings (SSSR count). The monoisotopic (exact) mass is 648 g/mol. The molecule has 3 amide bonds. The van der Waals surface area contributed by atoms with E-state index in [1.54, 1.807) is 23.1 Å². The minimum Gasteiger partial charge on any atom is -0.444 e. The van der Waals surface area contributed by atoms with E-state index in [0.29, 0.717) is 55.6 Å². The fraction of sp³-hybridized carbons (Fsp3) is 0.562. The van der Waals surface area contributed by atoms with Crippen molar-refractivity contribution >= 4 is 23.7 Å². The van der Waals surface area contributed by atoms with Gasteiger partial charge >= 0.3 is 12.1 Å². The van der Waals surface area contributed by atoms with Gasteiger partial charge in [-0.15, -0.1) is 0 Å². The molecular weight excluding hydrogens is 606 g/mol. The highest BCUT2D eigenvalue weighted by Crippen LogP contribution is 2.35. The SMILES string of the molecule is COCCN1C[C@@H](NC(=O)NC2=C(Cl)C([C@@H]3CCCN3C(=O)OC(C)(C)C)NN2C2=CCCC=C2)[C@H](c2ccc(F)c(F)c2)C1. The second-order valence-corrected chi connectivity index (χ2v) is 13.3. The lowest BCUT2D eigenvalue weighted by Crippen LogP contribution is -2.52. The maximum atomic E-state index is 14.2. The van der Waals surface area contributed by atoms with E-state index in [-0.39, 0.29) is 12.0 Å². The Balaban J connectivity index is 1.37. The molecule has 3 N–H and O–H groups in total. The summed E-state index contributed by atoms with van der Waals surface area (Å²) in [6, 6.07) is 2.22. The molecule has 45 heavy (non-hydrogen) atoms. The first-order valence-corrected chi connectivity index (χ1v) is 15.9. The van der Waals surface area contributed by atoms with Crippen LogP contribution in [-0.2, 0) is 9.47 Å². The lowest BCUT2D eigenvalue weighted by atomic mass is 9.94. The summed E-state index contributed by atoms with van der Waals surface area (Å²) in [7, 11) is 1.62. The average molecular weight is 649 g/mol. The summed E-state index contributed by atoms with van der Waals surface area (Å²) in [4.78, 5) is 30.6. The van der Waals surface area contributed by atoms with Crippen LogP contribution >= 0.6 is 11.6 Å². The van der Waals surface area contributed by atoms with Crippen LogP contribution in [0.3, 0.4) is 0 Å². The zero-order valence-corrected chi connectivity index (χ0v) is 27.0. The second-order valence-electron chi connectivity index (χ2n) is 12.9. The van der Waals surface area contributed by atoms with Crippen LogP contribution in [0.5, 0.6) is 0 Å². The van der Waals surface area contributed by atoms with E-state index in [1.807, 2.05) is 26.8 Å². The topological polar surface area (TPSA) is 98.4 Å². The first kappa shape index (κ1) is 33.2. The summed E-state index contributed by atoms with van der Waals surface area (Å²) >= 11 is 7.04. The van der Waals surface area contributed by atoms with Crippen LogP contribution in [0.4, 0.5) is 18.4 Å². The normalized spacial score (nSPS) is 25.6. The Labute approximate surface area is 268 Å².